The number of ether oxygens (including phenoxy) is 2. The molecular formula is C8H12I2O2. The van der Waals surface area contributed by atoms with Gasteiger partial charge in [0.05, 0.1) is 11.5 Å². The minimum atomic E-state index is -0.0469. The maximum absolute atomic E-state index is 5.49. The lowest BCUT2D eigenvalue weighted by Gasteiger charge is -2.51. The number of hydrogen-bond acceptors (Lipinski definition) is 2. The van der Waals surface area contributed by atoms with Gasteiger partial charge in [-0.05, 0) is 0 Å². The van der Waals surface area contributed by atoms with Gasteiger partial charge in [-0.25, -0.2) is 0 Å². The summed E-state index contributed by atoms with van der Waals surface area (Å²) in [6.07, 6.45) is 1.98. The lowest BCUT2D eigenvalue weighted by molar-refractivity contribution is -0.310. The van der Waals surface area contributed by atoms with E-state index in [0.717, 1.165) is 8.86 Å². The molecular weight excluding hydrogens is 382 g/mol. The average molecular weight is 394 g/mol. The van der Waals surface area contributed by atoms with E-state index in [1.54, 1.807) is 7.11 Å². The number of halogens is 2. The quantitative estimate of drug-likeness (QED) is 0.415. The van der Waals surface area contributed by atoms with Gasteiger partial charge in [0.15, 0.2) is 6.29 Å². The second-order valence-corrected chi connectivity index (χ2v) is 4.39. The van der Waals surface area contributed by atoms with Crippen LogP contribution in [0.2, 0.25) is 0 Å². The van der Waals surface area contributed by atoms with Gasteiger partial charge in [0.25, 0.3) is 0 Å². The molecule has 0 aromatic carbocycles. The number of methoxy groups -OCH3 is 1. The second kappa shape index (κ2) is 4.56. The van der Waals surface area contributed by atoms with E-state index in [0.29, 0.717) is 0 Å². The molecule has 0 aromatic rings. The molecule has 0 aromatic heterocycles. The molecule has 1 aliphatic rings. The van der Waals surface area contributed by atoms with E-state index in [-0.39, 0.29) is 17.8 Å². The summed E-state index contributed by atoms with van der Waals surface area (Å²) in [5, 5.41) is 0. The van der Waals surface area contributed by atoms with E-state index in [1.165, 1.54) is 0 Å². The van der Waals surface area contributed by atoms with E-state index in [9.17, 15) is 0 Å². The summed E-state index contributed by atoms with van der Waals surface area (Å²) in [7, 11) is 1.69. The first-order valence-corrected chi connectivity index (χ1v) is 6.73. The minimum absolute atomic E-state index is 0.0469. The molecule has 0 N–H and O–H groups in total. The Balaban J connectivity index is 2.71. The summed E-state index contributed by atoms with van der Waals surface area (Å²) in [6, 6.07) is 0. The fourth-order valence-electron chi connectivity index (χ4n) is 1.36. The Hall–Kier alpha value is 1.12. The highest BCUT2D eigenvalue weighted by atomic mass is 127. The van der Waals surface area contributed by atoms with Crippen molar-refractivity contribution in [3.8, 4) is 0 Å². The van der Waals surface area contributed by atoms with Crippen molar-refractivity contribution in [1.29, 1.82) is 0 Å². The molecule has 0 saturated carbocycles. The largest absolute Gasteiger partial charge is 0.355 e. The predicted octanol–water partition coefficient (Wildman–Crippen LogP) is 2.40. The van der Waals surface area contributed by atoms with Crippen LogP contribution >= 0.6 is 45.2 Å². The molecule has 1 saturated heterocycles. The zero-order valence-corrected chi connectivity index (χ0v) is 11.2. The van der Waals surface area contributed by atoms with Gasteiger partial charge in [-0.1, -0.05) is 51.3 Å². The van der Waals surface area contributed by atoms with Crippen molar-refractivity contribution >= 4 is 45.2 Å². The Bertz CT molecular complexity index is 168. The van der Waals surface area contributed by atoms with E-state index in [1.807, 2.05) is 6.08 Å². The Morgan fingerprint density at radius 2 is 2.17 bits per heavy atom. The molecule has 4 heteroatoms. The molecule has 1 heterocycles. The number of alkyl halides is 2. The third-order valence-corrected chi connectivity index (χ3v) is 5.07. The Morgan fingerprint density at radius 1 is 1.58 bits per heavy atom. The molecule has 2 atom stereocenters. The summed E-state index contributed by atoms with van der Waals surface area (Å²) in [5.74, 6) is 0. The van der Waals surface area contributed by atoms with Gasteiger partial charge in [-0.15, -0.1) is 6.58 Å². The lowest BCUT2D eigenvalue weighted by Crippen LogP contribution is -2.61. The molecule has 2 nitrogen and oxygen atoms in total. The van der Waals surface area contributed by atoms with Gasteiger partial charge in [0.2, 0.25) is 0 Å². The normalized spacial score (nSPS) is 32.6. The first-order chi connectivity index (χ1) is 5.75. The maximum Gasteiger partial charge on any atom is 0.167 e. The molecule has 0 spiro atoms. The van der Waals surface area contributed by atoms with Gasteiger partial charge in [0.1, 0.15) is 0 Å². The average Bonchev–Trinajstić information content (AvgIpc) is 2.07. The molecule has 1 rings (SSSR count). The zero-order chi connectivity index (χ0) is 9.19. The van der Waals surface area contributed by atoms with Gasteiger partial charge >= 0.3 is 0 Å². The van der Waals surface area contributed by atoms with Gasteiger partial charge < -0.3 is 9.47 Å². The molecule has 70 valence electrons. The highest BCUT2D eigenvalue weighted by molar-refractivity contribution is 14.1. The van der Waals surface area contributed by atoms with Crippen LogP contribution in [0.5, 0.6) is 0 Å². The van der Waals surface area contributed by atoms with Crippen molar-refractivity contribution in [2.75, 3.05) is 16.0 Å². The van der Waals surface area contributed by atoms with E-state index >= 15 is 0 Å². The summed E-state index contributed by atoms with van der Waals surface area (Å²) in [4.78, 5) is 0. The van der Waals surface area contributed by atoms with E-state index in [4.69, 9.17) is 9.47 Å². The van der Waals surface area contributed by atoms with Crippen LogP contribution in [0.25, 0.3) is 0 Å². The molecule has 2 unspecified atom stereocenters. The summed E-state index contributed by atoms with van der Waals surface area (Å²) >= 11 is 4.76. The first-order valence-electron chi connectivity index (χ1n) is 3.68. The van der Waals surface area contributed by atoms with Crippen LogP contribution in [0, 0.1) is 5.41 Å². The van der Waals surface area contributed by atoms with Crippen LogP contribution in [0.15, 0.2) is 12.7 Å². The van der Waals surface area contributed by atoms with E-state index in [2.05, 4.69) is 51.8 Å². The fourth-order valence-corrected chi connectivity index (χ4v) is 4.52. The molecule has 0 aliphatic carbocycles. The van der Waals surface area contributed by atoms with Gasteiger partial charge in [-0.3, -0.25) is 0 Å². The Kier molecular flexibility index (Phi) is 4.26. The number of rotatable bonds is 4. The van der Waals surface area contributed by atoms with Crippen LogP contribution in [0.4, 0.5) is 0 Å². The minimum Gasteiger partial charge on any atom is -0.355 e. The van der Waals surface area contributed by atoms with Crippen molar-refractivity contribution in [3.05, 3.63) is 12.7 Å². The third-order valence-electron chi connectivity index (χ3n) is 2.23. The Labute approximate surface area is 100 Å². The monoisotopic (exact) mass is 394 g/mol. The van der Waals surface area contributed by atoms with E-state index < -0.39 is 0 Å². The maximum atomic E-state index is 5.49. The molecule has 1 aliphatic heterocycles. The molecule has 0 bridgehead atoms. The summed E-state index contributed by atoms with van der Waals surface area (Å²) in [5.41, 5.74) is 0.150. The van der Waals surface area contributed by atoms with Crippen molar-refractivity contribution in [2.45, 2.75) is 12.4 Å². The van der Waals surface area contributed by atoms with Crippen molar-refractivity contribution in [1.82, 2.24) is 0 Å². The molecule has 0 radical (unpaired) electrons. The SMILES string of the molecule is C=CC1OC(OC)C1(CI)CI. The van der Waals surface area contributed by atoms with Gasteiger partial charge in [-0.2, -0.15) is 0 Å². The van der Waals surface area contributed by atoms with Crippen LogP contribution in [0.3, 0.4) is 0 Å². The van der Waals surface area contributed by atoms with Crippen molar-refractivity contribution in [2.24, 2.45) is 5.41 Å². The fraction of sp³-hybridized carbons (Fsp3) is 0.750. The highest BCUT2D eigenvalue weighted by Gasteiger charge is 2.54. The van der Waals surface area contributed by atoms with Crippen LogP contribution < -0.4 is 0 Å². The lowest BCUT2D eigenvalue weighted by atomic mass is 9.80. The highest BCUT2D eigenvalue weighted by Crippen LogP contribution is 2.45. The van der Waals surface area contributed by atoms with Crippen LogP contribution in [0.1, 0.15) is 0 Å². The van der Waals surface area contributed by atoms with Crippen molar-refractivity contribution < 1.29 is 9.47 Å². The number of hydrogen-bond donors (Lipinski definition) is 0. The summed E-state index contributed by atoms with van der Waals surface area (Å²) in [6.45, 7) is 3.76. The van der Waals surface area contributed by atoms with Crippen LogP contribution in [-0.4, -0.2) is 28.4 Å². The summed E-state index contributed by atoms with van der Waals surface area (Å²) < 4.78 is 12.8. The Morgan fingerprint density at radius 3 is 2.50 bits per heavy atom. The van der Waals surface area contributed by atoms with Gasteiger partial charge in [0, 0.05) is 16.0 Å². The smallest absolute Gasteiger partial charge is 0.167 e. The molecule has 12 heavy (non-hydrogen) atoms. The topological polar surface area (TPSA) is 18.5 Å². The molecule has 0 amide bonds. The first kappa shape index (κ1) is 11.2. The standard InChI is InChI=1S/C8H12I2O2/c1-3-6-8(4-9,5-10)7(11-2)12-6/h3,6-7H,1,4-5H2,2H3. The predicted molar refractivity (Wildman–Crippen MR) is 66.1 cm³/mol. The van der Waals surface area contributed by atoms with Crippen molar-refractivity contribution in [3.63, 3.8) is 0 Å². The second-order valence-electron chi connectivity index (χ2n) is 2.86. The third kappa shape index (κ3) is 1.55. The van der Waals surface area contributed by atoms with Crippen LogP contribution in [-0.2, 0) is 9.47 Å². The molecule has 1 fully saturated rings. The zero-order valence-electron chi connectivity index (χ0n) is 6.93.